The minimum absolute atomic E-state index is 0. The van der Waals surface area contributed by atoms with Gasteiger partial charge < -0.3 is 10.6 Å². The highest BCUT2D eigenvalue weighted by molar-refractivity contribution is 7.89. The standard InChI is InChI=1S/C19H31N3O3S.ClH/c1-19(2,14-20)15-21(3)18(23)16-9-8-10-17(13-16)26(24,25)22-11-6-4-5-7-12-22;/h8-10,13H,4-7,11-12,14-15,20H2,1-3H3;1H. The lowest BCUT2D eigenvalue weighted by molar-refractivity contribution is 0.0740. The molecule has 1 aliphatic heterocycles. The molecule has 0 atom stereocenters. The third kappa shape index (κ3) is 6.17. The first-order chi connectivity index (χ1) is 12.2. The number of hydrogen-bond acceptors (Lipinski definition) is 4. The molecule has 1 heterocycles. The topological polar surface area (TPSA) is 83.7 Å². The van der Waals surface area contributed by atoms with E-state index in [2.05, 4.69) is 0 Å². The molecule has 8 heteroatoms. The summed E-state index contributed by atoms with van der Waals surface area (Å²) in [5.74, 6) is -0.195. The smallest absolute Gasteiger partial charge is 0.253 e. The molecule has 6 nitrogen and oxygen atoms in total. The maximum Gasteiger partial charge on any atom is 0.253 e. The number of carbonyl (C=O) groups excluding carboxylic acids is 1. The second-order valence-electron chi connectivity index (χ2n) is 7.88. The Labute approximate surface area is 169 Å². The molecule has 0 aliphatic carbocycles. The molecule has 1 aromatic rings. The summed E-state index contributed by atoms with van der Waals surface area (Å²) in [5.41, 5.74) is 5.94. The number of sulfonamides is 1. The maximum atomic E-state index is 12.9. The number of amides is 1. The molecule has 27 heavy (non-hydrogen) atoms. The zero-order valence-corrected chi connectivity index (χ0v) is 18.1. The summed E-state index contributed by atoms with van der Waals surface area (Å²) in [6.45, 7) is 6.06. The van der Waals surface area contributed by atoms with Gasteiger partial charge in [0.05, 0.1) is 4.90 Å². The van der Waals surface area contributed by atoms with E-state index in [1.165, 1.54) is 6.07 Å². The molecule has 2 N–H and O–H groups in total. The van der Waals surface area contributed by atoms with Gasteiger partial charge >= 0.3 is 0 Å². The van der Waals surface area contributed by atoms with Crippen LogP contribution in [0.25, 0.3) is 0 Å². The number of hydrogen-bond donors (Lipinski definition) is 1. The number of nitrogens with zero attached hydrogens (tertiary/aromatic N) is 2. The molecular weight excluding hydrogens is 386 g/mol. The predicted molar refractivity (Wildman–Crippen MR) is 111 cm³/mol. The molecule has 0 spiro atoms. The van der Waals surface area contributed by atoms with Crippen molar-refractivity contribution in [3.63, 3.8) is 0 Å². The van der Waals surface area contributed by atoms with Crippen molar-refractivity contribution in [2.75, 3.05) is 33.2 Å². The Hall–Kier alpha value is -1.15. The molecule has 1 fully saturated rings. The van der Waals surface area contributed by atoms with Gasteiger partial charge in [0, 0.05) is 32.2 Å². The normalized spacial score (nSPS) is 16.3. The molecule has 0 unspecified atom stereocenters. The Morgan fingerprint density at radius 2 is 1.78 bits per heavy atom. The Morgan fingerprint density at radius 3 is 2.33 bits per heavy atom. The van der Waals surface area contributed by atoms with E-state index in [0.29, 0.717) is 31.7 Å². The lowest BCUT2D eigenvalue weighted by Crippen LogP contribution is -2.39. The lowest BCUT2D eigenvalue weighted by atomic mass is 9.93. The second kappa shape index (κ2) is 9.87. The van der Waals surface area contributed by atoms with Crippen molar-refractivity contribution >= 4 is 28.3 Å². The van der Waals surface area contributed by atoms with Crippen molar-refractivity contribution in [1.29, 1.82) is 0 Å². The van der Waals surface area contributed by atoms with Gasteiger partial charge in [-0.3, -0.25) is 4.79 Å². The summed E-state index contributed by atoms with van der Waals surface area (Å²) >= 11 is 0. The van der Waals surface area contributed by atoms with Crippen LogP contribution in [0.15, 0.2) is 29.2 Å². The third-order valence-corrected chi connectivity index (χ3v) is 6.74. The molecule has 1 amide bonds. The van der Waals surface area contributed by atoms with Crippen LogP contribution in [0.5, 0.6) is 0 Å². The maximum absolute atomic E-state index is 12.9. The largest absolute Gasteiger partial charge is 0.341 e. The zero-order chi connectivity index (χ0) is 19.4. The Kier molecular flexibility index (Phi) is 8.73. The minimum Gasteiger partial charge on any atom is -0.341 e. The molecule has 1 aromatic carbocycles. The van der Waals surface area contributed by atoms with Gasteiger partial charge in [-0.25, -0.2) is 8.42 Å². The average Bonchev–Trinajstić information content (AvgIpc) is 2.90. The summed E-state index contributed by atoms with van der Waals surface area (Å²) in [7, 11) is -1.85. The van der Waals surface area contributed by atoms with Gasteiger partial charge in [-0.15, -0.1) is 12.4 Å². The first kappa shape index (κ1) is 23.9. The van der Waals surface area contributed by atoms with E-state index < -0.39 is 10.0 Å². The molecule has 0 aromatic heterocycles. The van der Waals surface area contributed by atoms with Crippen molar-refractivity contribution in [2.24, 2.45) is 11.1 Å². The van der Waals surface area contributed by atoms with Crippen molar-refractivity contribution in [2.45, 2.75) is 44.4 Å². The number of halogens is 1. The molecule has 0 saturated carbocycles. The van der Waals surface area contributed by atoms with Crippen LogP contribution in [0.4, 0.5) is 0 Å². The summed E-state index contributed by atoms with van der Waals surface area (Å²) < 4.78 is 27.4. The highest BCUT2D eigenvalue weighted by atomic mass is 35.5. The van der Waals surface area contributed by atoms with Gasteiger partial charge in [-0.2, -0.15) is 4.31 Å². The number of nitrogens with two attached hydrogens (primary N) is 1. The zero-order valence-electron chi connectivity index (χ0n) is 16.5. The summed E-state index contributed by atoms with van der Waals surface area (Å²) in [6, 6.07) is 6.37. The minimum atomic E-state index is -3.56. The van der Waals surface area contributed by atoms with Crippen LogP contribution in [-0.2, 0) is 10.0 Å². The van der Waals surface area contributed by atoms with E-state index in [1.807, 2.05) is 13.8 Å². The highest BCUT2D eigenvalue weighted by Crippen LogP contribution is 2.22. The summed E-state index contributed by atoms with van der Waals surface area (Å²) in [4.78, 5) is 14.5. The van der Waals surface area contributed by atoms with Crippen molar-refractivity contribution < 1.29 is 13.2 Å². The van der Waals surface area contributed by atoms with Gasteiger partial charge in [0.15, 0.2) is 0 Å². The van der Waals surface area contributed by atoms with Crippen molar-refractivity contribution in [3.8, 4) is 0 Å². The van der Waals surface area contributed by atoms with Gasteiger partial charge in [-0.05, 0) is 43.0 Å². The van der Waals surface area contributed by atoms with Gasteiger partial charge in [0.1, 0.15) is 0 Å². The van der Waals surface area contributed by atoms with Gasteiger partial charge in [-0.1, -0.05) is 32.8 Å². The van der Waals surface area contributed by atoms with Crippen LogP contribution < -0.4 is 5.73 Å². The number of benzene rings is 1. The molecule has 154 valence electrons. The van der Waals surface area contributed by atoms with Crippen LogP contribution in [-0.4, -0.2) is 56.8 Å². The molecule has 0 bridgehead atoms. The second-order valence-corrected chi connectivity index (χ2v) is 9.81. The van der Waals surface area contributed by atoms with Crippen LogP contribution >= 0.6 is 12.4 Å². The molecule has 2 rings (SSSR count). The third-order valence-electron chi connectivity index (χ3n) is 4.85. The molecule has 0 radical (unpaired) electrons. The van der Waals surface area contributed by atoms with E-state index in [1.54, 1.807) is 34.5 Å². The van der Waals surface area contributed by atoms with Gasteiger partial charge in [0.2, 0.25) is 10.0 Å². The number of carbonyl (C=O) groups is 1. The van der Waals surface area contributed by atoms with E-state index in [4.69, 9.17) is 5.73 Å². The first-order valence-corrected chi connectivity index (χ1v) is 10.7. The van der Waals surface area contributed by atoms with Crippen LogP contribution in [0.1, 0.15) is 49.9 Å². The predicted octanol–water partition coefficient (Wildman–Crippen LogP) is 2.73. The Morgan fingerprint density at radius 1 is 1.19 bits per heavy atom. The fourth-order valence-electron chi connectivity index (χ4n) is 3.22. The average molecular weight is 418 g/mol. The fraction of sp³-hybridized carbons (Fsp3) is 0.632. The van der Waals surface area contributed by atoms with E-state index in [9.17, 15) is 13.2 Å². The van der Waals surface area contributed by atoms with Crippen LogP contribution in [0.2, 0.25) is 0 Å². The monoisotopic (exact) mass is 417 g/mol. The quantitative estimate of drug-likeness (QED) is 0.771. The Balaban J connectivity index is 0.00000364. The van der Waals surface area contributed by atoms with E-state index in [-0.39, 0.29) is 28.6 Å². The van der Waals surface area contributed by atoms with Crippen LogP contribution in [0, 0.1) is 5.41 Å². The highest BCUT2D eigenvalue weighted by Gasteiger charge is 2.27. The van der Waals surface area contributed by atoms with E-state index in [0.717, 1.165) is 25.7 Å². The SMILES string of the molecule is CN(CC(C)(C)CN)C(=O)c1cccc(S(=O)(=O)N2CCCCCC2)c1.Cl. The van der Waals surface area contributed by atoms with Crippen molar-refractivity contribution in [3.05, 3.63) is 29.8 Å². The summed E-state index contributed by atoms with van der Waals surface area (Å²) in [5, 5.41) is 0. The molecular formula is C19H32ClN3O3S. The lowest BCUT2D eigenvalue weighted by Gasteiger charge is -2.29. The summed E-state index contributed by atoms with van der Waals surface area (Å²) in [6.07, 6.45) is 3.89. The molecule has 1 aliphatic rings. The van der Waals surface area contributed by atoms with Crippen molar-refractivity contribution in [1.82, 2.24) is 9.21 Å². The Bertz CT molecular complexity index is 729. The first-order valence-electron chi connectivity index (χ1n) is 9.23. The fourth-order valence-corrected chi connectivity index (χ4v) is 4.78. The van der Waals surface area contributed by atoms with E-state index >= 15 is 0 Å². The van der Waals surface area contributed by atoms with Crippen LogP contribution in [0.3, 0.4) is 0 Å². The van der Waals surface area contributed by atoms with Gasteiger partial charge in [0.25, 0.3) is 5.91 Å². The molecule has 1 saturated heterocycles. The number of rotatable bonds is 6.